The van der Waals surface area contributed by atoms with E-state index >= 15 is 0 Å². The monoisotopic (exact) mass is 232 g/mol. The van der Waals surface area contributed by atoms with Crippen molar-refractivity contribution in [2.45, 2.75) is 52.4 Å². The van der Waals surface area contributed by atoms with Crippen LogP contribution in [-0.2, 0) is 4.74 Å². The summed E-state index contributed by atoms with van der Waals surface area (Å²) in [5, 5.41) is 9.29. The summed E-state index contributed by atoms with van der Waals surface area (Å²) in [5.41, 5.74) is 5.10. The molecule has 0 spiro atoms. The van der Waals surface area contributed by atoms with Crippen molar-refractivity contribution in [1.82, 2.24) is 4.90 Å². The molecule has 0 heterocycles. The number of rotatable bonds is 4. The Labute approximate surface area is 97.6 Å². The molecule has 0 aromatic heterocycles. The van der Waals surface area contributed by atoms with E-state index in [9.17, 15) is 9.90 Å². The maximum Gasteiger partial charge on any atom is 0.410 e. The number of hydrogen-bond acceptors (Lipinski definition) is 4. The van der Waals surface area contributed by atoms with Crippen LogP contribution in [0.1, 0.15) is 34.6 Å². The summed E-state index contributed by atoms with van der Waals surface area (Å²) < 4.78 is 5.22. The minimum absolute atomic E-state index is 0.147. The lowest BCUT2D eigenvalue weighted by molar-refractivity contribution is 0.0152. The molecule has 96 valence electrons. The molecule has 1 unspecified atom stereocenters. The van der Waals surface area contributed by atoms with E-state index in [1.54, 1.807) is 34.6 Å². The first-order valence-corrected chi connectivity index (χ1v) is 5.53. The SMILES string of the molecule is CC(O)CN(C[C@H](C)N)C(=O)OC(C)(C)C. The van der Waals surface area contributed by atoms with Gasteiger partial charge >= 0.3 is 6.09 Å². The third-order valence-electron chi connectivity index (χ3n) is 1.64. The second-order valence-corrected chi connectivity index (χ2v) is 5.21. The first kappa shape index (κ1) is 15.2. The molecule has 0 aliphatic carbocycles. The van der Waals surface area contributed by atoms with Crippen molar-refractivity contribution in [3.8, 4) is 0 Å². The van der Waals surface area contributed by atoms with E-state index in [-0.39, 0.29) is 12.6 Å². The molecule has 3 N–H and O–H groups in total. The van der Waals surface area contributed by atoms with Crippen molar-refractivity contribution in [2.75, 3.05) is 13.1 Å². The maximum absolute atomic E-state index is 11.8. The van der Waals surface area contributed by atoms with Gasteiger partial charge in [-0.3, -0.25) is 0 Å². The van der Waals surface area contributed by atoms with Gasteiger partial charge in [0, 0.05) is 19.1 Å². The second-order valence-electron chi connectivity index (χ2n) is 5.21. The molecule has 5 heteroatoms. The summed E-state index contributed by atoms with van der Waals surface area (Å²) in [6, 6.07) is -0.147. The van der Waals surface area contributed by atoms with E-state index in [1.807, 2.05) is 0 Å². The molecule has 16 heavy (non-hydrogen) atoms. The molecular formula is C11H24N2O3. The van der Waals surface area contributed by atoms with Gasteiger partial charge in [0.15, 0.2) is 0 Å². The third kappa shape index (κ3) is 7.48. The average molecular weight is 232 g/mol. The van der Waals surface area contributed by atoms with Crippen molar-refractivity contribution in [2.24, 2.45) is 5.73 Å². The van der Waals surface area contributed by atoms with Gasteiger partial charge in [0.25, 0.3) is 0 Å². The zero-order valence-corrected chi connectivity index (χ0v) is 10.9. The lowest BCUT2D eigenvalue weighted by Gasteiger charge is -2.29. The highest BCUT2D eigenvalue weighted by Crippen LogP contribution is 2.10. The third-order valence-corrected chi connectivity index (χ3v) is 1.64. The number of carbonyl (C=O) groups is 1. The standard InChI is InChI=1S/C11H24N2O3/c1-8(12)6-13(7-9(2)14)10(15)16-11(3,4)5/h8-9,14H,6-7,12H2,1-5H3/t8-,9?/m0/s1. The minimum Gasteiger partial charge on any atom is -0.444 e. The Morgan fingerprint density at radius 2 is 1.88 bits per heavy atom. The number of nitrogens with zero attached hydrogens (tertiary/aromatic N) is 1. The van der Waals surface area contributed by atoms with Gasteiger partial charge in [-0.15, -0.1) is 0 Å². The molecule has 0 fully saturated rings. The Kier molecular flexibility index (Phi) is 5.75. The molecule has 0 aliphatic heterocycles. The summed E-state index contributed by atoms with van der Waals surface area (Å²) in [6.45, 7) is 9.44. The van der Waals surface area contributed by atoms with E-state index in [4.69, 9.17) is 10.5 Å². The fourth-order valence-electron chi connectivity index (χ4n) is 1.22. The largest absolute Gasteiger partial charge is 0.444 e. The van der Waals surface area contributed by atoms with Gasteiger partial charge in [-0.2, -0.15) is 0 Å². The van der Waals surface area contributed by atoms with Gasteiger partial charge in [-0.05, 0) is 34.6 Å². The van der Waals surface area contributed by atoms with Gasteiger partial charge in [0.2, 0.25) is 0 Å². The Morgan fingerprint density at radius 3 is 2.19 bits per heavy atom. The molecule has 5 nitrogen and oxygen atoms in total. The fraction of sp³-hybridized carbons (Fsp3) is 0.909. The van der Waals surface area contributed by atoms with E-state index in [0.29, 0.717) is 6.54 Å². The number of hydrogen-bond donors (Lipinski definition) is 2. The van der Waals surface area contributed by atoms with Crippen molar-refractivity contribution in [3.05, 3.63) is 0 Å². The van der Waals surface area contributed by atoms with Crippen molar-refractivity contribution >= 4 is 6.09 Å². The highest BCUT2D eigenvalue weighted by Gasteiger charge is 2.23. The van der Waals surface area contributed by atoms with Crippen LogP contribution in [0.3, 0.4) is 0 Å². The molecule has 0 radical (unpaired) electrons. The summed E-state index contributed by atoms with van der Waals surface area (Å²) in [4.78, 5) is 13.2. The minimum atomic E-state index is -0.591. The van der Waals surface area contributed by atoms with Gasteiger partial charge < -0.3 is 20.5 Å². The zero-order valence-electron chi connectivity index (χ0n) is 10.9. The highest BCUT2D eigenvalue weighted by molar-refractivity contribution is 5.68. The van der Waals surface area contributed by atoms with Gasteiger partial charge in [0.1, 0.15) is 5.60 Å². The summed E-state index contributed by atoms with van der Waals surface area (Å²) in [5.74, 6) is 0. The number of carbonyl (C=O) groups excluding carboxylic acids is 1. The molecule has 0 bridgehead atoms. The molecule has 0 aromatic rings. The predicted molar refractivity (Wildman–Crippen MR) is 63.1 cm³/mol. The van der Waals surface area contributed by atoms with Crippen LogP contribution in [0.25, 0.3) is 0 Å². The molecule has 1 amide bonds. The van der Waals surface area contributed by atoms with Crippen LogP contribution in [-0.4, -0.2) is 46.9 Å². The number of aliphatic hydroxyl groups excluding tert-OH is 1. The first-order chi connectivity index (χ1) is 7.11. The molecule has 0 saturated heterocycles. The molecule has 0 rings (SSSR count). The maximum atomic E-state index is 11.8. The average Bonchev–Trinajstić information content (AvgIpc) is 1.97. The molecule has 2 atom stereocenters. The molecule has 0 aromatic carbocycles. The Bertz CT molecular complexity index is 212. The molecule has 0 aliphatic rings. The Hall–Kier alpha value is -0.810. The lowest BCUT2D eigenvalue weighted by atomic mass is 10.2. The van der Waals surface area contributed by atoms with Crippen LogP contribution in [0, 0.1) is 0 Å². The van der Waals surface area contributed by atoms with E-state index in [2.05, 4.69) is 0 Å². The Morgan fingerprint density at radius 1 is 1.38 bits per heavy atom. The lowest BCUT2D eigenvalue weighted by Crippen LogP contribution is -2.45. The van der Waals surface area contributed by atoms with E-state index < -0.39 is 17.8 Å². The van der Waals surface area contributed by atoms with Gasteiger partial charge in [-0.1, -0.05) is 0 Å². The van der Waals surface area contributed by atoms with Crippen LogP contribution >= 0.6 is 0 Å². The normalized spacial score (nSPS) is 15.4. The van der Waals surface area contributed by atoms with E-state index in [0.717, 1.165) is 0 Å². The van der Waals surface area contributed by atoms with E-state index in [1.165, 1.54) is 4.90 Å². The van der Waals surface area contributed by atoms with Crippen LogP contribution in [0.5, 0.6) is 0 Å². The van der Waals surface area contributed by atoms with Crippen LogP contribution < -0.4 is 5.73 Å². The van der Waals surface area contributed by atoms with Gasteiger partial charge in [0.05, 0.1) is 6.10 Å². The van der Waals surface area contributed by atoms with Crippen LogP contribution in [0.2, 0.25) is 0 Å². The van der Waals surface area contributed by atoms with Crippen molar-refractivity contribution in [3.63, 3.8) is 0 Å². The number of nitrogens with two attached hydrogens (primary N) is 1. The van der Waals surface area contributed by atoms with Crippen LogP contribution in [0.15, 0.2) is 0 Å². The molecule has 0 saturated carbocycles. The van der Waals surface area contributed by atoms with Crippen molar-refractivity contribution in [1.29, 1.82) is 0 Å². The summed E-state index contributed by atoms with van der Waals surface area (Å²) in [6.07, 6.45) is -1.03. The highest BCUT2D eigenvalue weighted by atomic mass is 16.6. The quantitative estimate of drug-likeness (QED) is 0.756. The number of ether oxygens (including phenoxy) is 1. The summed E-state index contributed by atoms with van der Waals surface area (Å²) in [7, 11) is 0. The van der Waals surface area contributed by atoms with Crippen molar-refractivity contribution < 1.29 is 14.6 Å². The predicted octanol–water partition coefficient (Wildman–Crippen LogP) is 0.952. The number of aliphatic hydroxyl groups is 1. The zero-order chi connectivity index (χ0) is 12.9. The topological polar surface area (TPSA) is 75.8 Å². The Balaban J connectivity index is 4.44. The first-order valence-electron chi connectivity index (χ1n) is 5.53. The van der Waals surface area contributed by atoms with Gasteiger partial charge in [-0.25, -0.2) is 4.79 Å². The molecular weight excluding hydrogens is 208 g/mol. The smallest absolute Gasteiger partial charge is 0.410 e. The summed E-state index contributed by atoms with van der Waals surface area (Å²) >= 11 is 0. The fourth-order valence-corrected chi connectivity index (χ4v) is 1.22. The van der Waals surface area contributed by atoms with Crippen LogP contribution in [0.4, 0.5) is 4.79 Å². The number of amides is 1. The second kappa shape index (κ2) is 6.06.